The van der Waals surface area contributed by atoms with Gasteiger partial charge in [0.05, 0.1) is 16.6 Å². The summed E-state index contributed by atoms with van der Waals surface area (Å²) in [6.45, 7) is 0. The number of aromatic nitrogens is 1. The average Bonchev–Trinajstić information content (AvgIpc) is 2.95. The van der Waals surface area contributed by atoms with Gasteiger partial charge in [-0.15, -0.1) is 0 Å². The summed E-state index contributed by atoms with van der Waals surface area (Å²) in [7, 11) is 0. The molecule has 6 nitrogen and oxygen atoms in total. The van der Waals surface area contributed by atoms with E-state index in [0.29, 0.717) is 22.6 Å². The molecule has 3 rings (SSSR count). The maximum absolute atomic E-state index is 10.7. The number of benzene rings is 2. The van der Waals surface area contributed by atoms with Crippen LogP contribution in [0.5, 0.6) is 0 Å². The Balaban J connectivity index is 1.88. The largest absolute Gasteiger partial charge is 0.437 e. The van der Waals surface area contributed by atoms with E-state index in [1.807, 2.05) is 12.1 Å². The number of nitriles is 1. The quantitative estimate of drug-likeness (QED) is 0.540. The lowest BCUT2D eigenvalue weighted by atomic mass is 10.1. The predicted octanol–water partition coefficient (Wildman–Crippen LogP) is 3.78. The van der Waals surface area contributed by atoms with Gasteiger partial charge in [-0.25, -0.2) is 4.98 Å². The Kier molecular flexibility index (Phi) is 3.38. The van der Waals surface area contributed by atoms with Crippen molar-refractivity contribution in [3.05, 3.63) is 69.6 Å². The van der Waals surface area contributed by atoms with E-state index in [1.54, 1.807) is 24.3 Å². The zero-order chi connectivity index (χ0) is 15.5. The summed E-state index contributed by atoms with van der Waals surface area (Å²) >= 11 is 0. The molecule has 0 N–H and O–H groups in total. The van der Waals surface area contributed by atoms with Crippen LogP contribution in [0.4, 0.5) is 5.69 Å². The second-order valence-electron chi connectivity index (χ2n) is 4.53. The smallest absolute Gasteiger partial charge is 0.271 e. The van der Waals surface area contributed by atoms with Crippen molar-refractivity contribution in [1.82, 2.24) is 4.98 Å². The average molecular weight is 291 g/mol. The number of nitrogens with zero attached hydrogens (tertiary/aromatic N) is 3. The van der Waals surface area contributed by atoms with Crippen LogP contribution in [-0.2, 0) is 0 Å². The van der Waals surface area contributed by atoms with Crippen LogP contribution in [0.25, 0.3) is 23.3 Å². The maximum Gasteiger partial charge on any atom is 0.271 e. The van der Waals surface area contributed by atoms with E-state index >= 15 is 0 Å². The van der Waals surface area contributed by atoms with Crippen molar-refractivity contribution < 1.29 is 9.34 Å². The summed E-state index contributed by atoms with van der Waals surface area (Å²) in [6, 6.07) is 13.4. The van der Waals surface area contributed by atoms with Crippen LogP contribution in [-0.4, -0.2) is 9.91 Å². The third kappa shape index (κ3) is 2.69. The van der Waals surface area contributed by atoms with Gasteiger partial charge in [0.25, 0.3) is 5.69 Å². The Morgan fingerprint density at radius 1 is 1.18 bits per heavy atom. The van der Waals surface area contributed by atoms with Gasteiger partial charge in [-0.05, 0) is 29.8 Å². The standard InChI is InChI=1S/C16H9N3O3/c17-10-12-3-1-11(2-4-12)5-8-16-18-14-9-13(19(20)21)6-7-15(14)22-16/h1-9H/b8-5+. The molecular formula is C16H9N3O3. The molecule has 0 saturated carbocycles. The fourth-order valence-electron chi connectivity index (χ4n) is 1.95. The fraction of sp³-hybridized carbons (Fsp3) is 0. The molecule has 22 heavy (non-hydrogen) atoms. The Morgan fingerprint density at radius 2 is 1.95 bits per heavy atom. The third-order valence-corrected chi connectivity index (χ3v) is 3.06. The zero-order valence-electron chi connectivity index (χ0n) is 11.3. The molecule has 0 aliphatic rings. The molecule has 0 atom stereocenters. The van der Waals surface area contributed by atoms with Crippen molar-refractivity contribution in [2.45, 2.75) is 0 Å². The van der Waals surface area contributed by atoms with Gasteiger partial charge in [0.15, 0.2) is 5.58 Å². The second-order valence-corrected chi connectivity index (χ2v) is 4.53. The molecule has 0 unspecified atom stereocenters. The predicted molar refractivity (Wildman–Crippen MR) is 80.7 cm³/mol. The maximum atomic E-state index is 10.7. The van der Waals surface area contributed by atoms with Gasteiger partial charge < -0.3 is 4.42 Å². The van der Waals surface area contributed by atoms with E-state index in [-0.39, 0.29) is 5.69 Å². The highest BCUT2D eigenvalue weighted by Gasteiger charge is 2.10. The number of non-ortho nitro benzene ring substituents is 1. The van der Waals surface area contributed by atoms with Crippen LogP contribution in [0.15, 0.2) is 46.9 Å². The number of oxazole rings is 1. The Morgan fingerprint density at radius 3 is 2.64 bits per heavy atom. The highest BCUT2D eigenvalue weighted by Crippen LogP contribution is 2.22. The molecule has 6 heteroatoms. The van der Waals surface area contributed by atoms with Crippen molar-refractivity contribution in [2.75, 3.05) is 0 Å². The molecule has 0 saturated heterocycles. The summed E-state index contributed by atoms with van der Waals surface area (Å²) in [6.07, 6.45) is 3.47. The number of nitro groups is 1. The van der Waals surface area contributed by atoms with Gasteiger partial charge in [-0.3, -0.25) is 10.1 Å². The van der Waals surface area contributed by atoms with E-state index in [2.05, 4.69) is 11.1 Å². The fourth-order valence-corrected chi connectivity index (χ4v) is 1.95. The molecule has 0 aliphatic heterocycles. The summed E-state index contributed by atoms with van der Waals surface area (Å²) in [4.78, 5) is 14.4. The number of rotatable bonds is 3. The summed E-state index contributed by atoms with van der Waals surface area (Å²) in [5.41, 5.74) is 2.39. The van der Waals surface area contributed by atoms with Crippen molar-refractivity contribution in [3.63, 3.8) is 0 Å². The molecule has 0 fully saturated rings. The van der Waals surface area contributed by atoms with Crippen molar-refractivity contribution in [3.8, 4) is 6.07 Å². The number of hydrogen-bond donors (Lipinski definition) is 0. The van der Waals surface area contributed by atoms with Crippen LogP contribution in [0.3, 0.4) is 0 Å². The summed E-state index contributed by atoms with van der Waals surface area (Å²) in [5, 5.41) is 19.5. The van der Waals surface area contributed by atoms with E-state index in [4.69, 9.17) is 9.68 Å². The molecule has 0 amide bonds. The van der Waals surface area contributed by atoms with Gasteiger partial charge in [-0.1, -0.05) is 12.1 Å². The first-order chi connectivity index (χ1) is 10.7. The van der Waals surface area contributed by atoms with Crippen LogP contribution in [0, 0.1) is 21.4 Å². The third-order valence-electron chi connectivity index (χ3n) is 3.06. The van der Waals surface area contributed by atoms with E-state index in [0.717, 1.165) is 5.56 Å². The lowest BCUT2D eigenvalue weighted by molar-refractivity contribution is -0.384. The van der Waals surface area contributed by atoms with Gasteiger partial charge in [0.2, 0.25) is 5.89 Å². The molecule has 2 aromatic carbocycles. The normalized spacial score (nSPS) is 10.9. The molecule has 0 aliphatic carbocycles. The van der Waals surface area contributed by atoms with Gasteiger partial charge in [0, 0.05) is 18.2 Å². The highest BCUT2D eigenvalue weighted by molar-refractivity contribution is 5.78. The van der Waals surface area contributed by atoms with E-state index in [9.17, 15) is 10.1 Å². The van der Waals surface area contributed by atoms with Crippen molar-refractivity contribution in [2.24, 2.45) is 0 Å². The molecule has 0 radical (unpaired) electrons. The lowest BCUT2D eigenvalue weighted by Crippen LogP contribution is -1.86. The first-order valence-electron chi connectivity index (χ1n) is 6.39. The van der Waals surface area contributed by atoms with Crippen LogP contribution < -0.4 is 0 Å². The highest BCUT2D eigenvalue weighted by atomic mass is 16.6. The monoisotopic (exact) mass is 291 g/mol. The molecule has 0 spiro atoms. The molecule has 106 valence electrons. The SMILES string of the molecule is N#Cc1ccc(/C=C/c2nc3cc([N+](=O)[O-])ccc3o2)cc1. The number of hydrogen-bond acceptors (Lipinski definition) is 5. The van der Waals surface area contributed by atoms with E-state index in [1.165, 1.54) is 18.2 Å². The number of nitro benzene ring substituents is 1. The molecule has 3 aromatic rings. The summed E-state index contributed by atoms with van der Waals surface area (Å²) in [5.74, 6) is 0.361. The van der Waals surface area contributed by atoms with Crippen LogP contribution >= 0.6 is 0 Å². The minimum Gasteiger partial charge on any atom is -0.437 e. The molecule has 1 heterocycles. The topological polar surface area (TPSA) is 93.0 Å². The minimum atomic E-state index is -0.472. The van der Waals surface area contributed by atoms with Crippen LogP contribution in [0.1, 0.15) is 17.0 Å². The first-order valence-corrected chi connectivity index (χ1v) is 6.39. The van der Waals surface area contributed by atoms with Gasteiger partial charge in [-0.2, -0.15) is 5.26 Å². The molecular weight excluding hydrogens is 282 g/mol. The van der Waals surface area contributed by atoms with E-state index < -0.39 is 4.92 Å². The van der Waals surface area contributed by atoms with Crippen LogP contribution in [0.2, 0.25) is 0 Å². The minimum absolute atomic E-state index is 0.0246. The van der Waals surface area contributed by atoms with Gasteiger partial charge in [0.1, 0.15) is 5.52 Å². The Labute approximate surface area is 125 Å². The second kappa shape index (κ2) is 5.50. The Bertz CT molecular complexity index is 918. The van der Waals surface area contributed by atoms with Crippen molar-refractivity contribution in [1.29, 1.82) is 5.26 Å². The zero-order valence-corrected chi connectivity index (χ0v) is 11.3. The number of fused-ring (bicyclic) bond motifs is 1. The molecule has 1 aromatic heterocycles. The summed E-state index contributed by atoms with van der Waals surface area (Å²) < 4.78 is 5.50. The first kappa shape index (κ1) is 13.5. The molecule has 0 bridgehead atoms. The lowest BCUT2D eigenvalue weighted by Gasteiger charge is -1.91. The van der Waals surface area contributed by atoms with Gasteiger partial charge >= 0.3 is 0 Å². The van der Waals surface area contributed by atoms with Crippen molar-refractivity contribution >= 4 is 28.9 Å². The Hall–Kier alpha value is -3.46.